The van der Waals surface area contributed by atoms with E-state index >= 15 is 0 Å². The molecule has 1 aliphatic carbocycles. The molecule has 1 saturated carbocycles. The molecule has 0 spiro atoms. The van der Waals surface area contributed by atoms with E-state index in [0.717, 1.165) is 36.7 Å². The quantitative estimate of drug-likeness (QED) is 0.868. The average Bonchev–Trinajstić information content (AvgIpc) is 2.54. The SMILES string of the molecule is CCCn1c(=O)c(NC(=O)C2CCCCC2)c(N)n(C)c1=O. The fraction of sp³-hybridized carbons (Fsp3) is 0.667. The molecule has 0 bridgehead atoms. The summed E-state index contributed by atoms with van der Waals surface area (Å²) in [5.41, 5.74) is 4.90. The van der Waals surface area contributed by atoms with Crippen molar-refractivity contribution >= 4 is 17.4 Å². The van der Waals surface area contributed by atoms with Gasteiger partial charge in [-0.3, -0.25) is 18.7 Å². The first kappa shape index (κ1) is 16.3. The standard InChI is InChI=1S/C15H24N4O3/c1-3-9-19-14(21)11(12(16)18(2)15(19)22)17-13(20)10-7-5-4-6-8-10/h10H,3-9,16H2,1-2H3,(H,17,20). The van der Waals surface area contributed by atoms with Gasteiger partial charge in [-0.1, -0.05) is 26.2 Å². The van der Waals surface area contributed by atoms with Crippen LogP contribution in [-0.4, -0.2) is 15.0 Å². The highest BCUT2D eigenvalue weighted by Gasteiger charge is 2.24. The Morgan fingerprint density at radius 2 is 1.91 bits per heavy atom. The summed E-state index contributed by atoms with van der Waals surface area (Å²) in [6.45, 7) is 2.18. The van der Waals surface area contributed by atoms with Crippen molar-refractivity contribution in [2.45, 2.75) is 52.0 Å². The van der Waals surface area contributed by atoms with Crippen LogP contribution in [0.2, 0.25) is 0 Å². The summed E-state index contributed by atoms with van der Waals surface area (Å²) in [7, 11) is 1.50. The highest BCUT2D eigenvalue weighted by Crippen LogP contribution is 2.25. The third-order valence-electron chi connectivity index (χ3n) is 4.27. The van der Waals surface area contributed by atoms with Gasteiger partial charge in [0.2, 0.25) is 5.91 Å². The van der Waals surface area contributed by atoms with E-state index in [0.29, 0.717) is 13.0 Å². The topological polar surface area (TPSA) is 99.1 Å². The molecule has 0 saturated heterocycles. The lowest BCUT2D eigenvalue weighted by molar-refractivity contribution is -0.120. The number of hydrogen-bond donors (Lipinski definition) is 2. The fourth-order valence-electron chi connectivity index (χ4n) is 2.91. The largest absolute Gasteiger partial charge is 0.383 e. The summed E-state index contributed by atoms with van der Waals surface area (Å²) >= 11 is 0. The Morgan fingerprint density at radius 1 is 1.27 bits per heavy atom. The maximum Gasteiger partial charge on any atom is 0.332 e. The van der Waals surface area contributed by atoms with Crippen LogP contribution in [0, 0.1) is 5.92 Å². The van der Waals surface area contributed by atoms with Gasteiger partial charge in [-0.05, 0) is 19.3 Å². The van der Waals surface area contributed by atoms with E-state index in [1.807, 2.05) is 6.92 Å². The number of nitrogens with two attached hydrogens (primary N) is 1. The minimum Gasteiger partial charge on any atom is -0.383 e. The fourth-order valence-corrected chi connectivity index (χ4v) is 2.91. The summed E-state index contributed by atoms with van der Waals surface area (Å²) in [6.07, 6.45) is 5.52. The van der Waals surface area contributed by atoms with Crippen LogP contribution in [0.5, 0.6) is 0 Å². The lowest BCUT2D eigenvalue weighted by atomic mass is 9.88. The average molecular weight is 308 g/mol. The molecule has 7 heteroatoms. The smallest absolute Gasteiger partial charge is 0.332 e. The molecule has 1 amide bonds. The molecule has 3 N–H and O–H groups in total. The van der Waals surface area contributed by atoms with E-state index in [4.69, 9.17) is 5.73 Å². The van der Waals surface area contributed by atoms with Crippen LogP contribution in [0.15, 0.2) is 9.59 Å². The number of nitrogens with one attached hydrogen (secondary N) is 1. The van der Waals surface area contributed by atoms with Gasteiger partial charge in [0, 0.05) is 19.5 Å². The zero-order chi connectivity index (χ0) is 16.3. The van der Waals surface area contributed by atoms with Crippen molar-refractivity contribution in [2.24, 2.45) is 13.0 Å². The zero-order valence-corrected chi connectivity index (χ0v) is 13.2. The first-order valence-electron chi connectivity index (χ1n) is 7.87. The molecule has 2 rings (SSSR count). The third kappa shape index (κ3) is 3.08. The Balaban J connectivity index is 2.36. The highest BCUT2D eigenvalue weighted by atomic mass is 16.2. The van der Waals surface area contributed by atoms with Crippen molar-refractivity contribution in [3.63, 3.8) is 0 Å². The Morgan fingerprint density at radius 3 is 2.50 bits per heavy atom. The second-order valence-electron chi connectivity index (χ2n) is 5.88. The molecule has 0 atom stereocenters. The molecule has 122 valence electrons. The third-order valence-corrected chi connectivity index (χ3v) is 4.27. The van der Waals surface area contributed by atoms with E-state index in [9.17, 15) is 14.4 Å². The lowest BCUT2D eigenvalue weighted by Crippen LogP contribution is -2.42. The van der Waals surface area contributed by atoms with Crippen molar-refractivity contribution in [1.82, 2.24) is 9.13 Å². The predicted octanol–water partition coefficient (Wildman–Crippen LogP) is 1.06. The summed E-state index contributed by atoms with van der Waals surface area (Å²) in [5, 5.41) is 2.66. The Kier molecular flexibility index (Phi) is 5.05. The van der Waals surface area contributed by atoms with Gasteiger partial charge in [-0.2, -0.15) is 0 Å². The lowest BCUT2D eigenvalue weighted by Gasteiger charge is -2.21. The molecule has 0 unspecified atom stereocenters. The van der Waals surface area contributed by atoms with Crippen LogP contribution in [0.3, 0.4) is 0 Å². The molecule has 1 fully saturated rings. The number of aromatic nitrogens is 2. The predicted molar refractivity (Wildman–Crippen MR) is 85.9 cm³/mol. The summed E-state index contributed by atoms with van der Waals surface area (Å²) in [5.74, 6) is -0.249. The van der Waals surface area contributed by atoms with E-state index in [-0.39, 0.29) is 23.3 Å². The van der Waals surface area contributed by atoms with Crippen molar-refractivity contribution in [3.8, 4) is 0 Å². The monoisotopic (exact) mass is 308 g/mol. The number of amides is 1. The van der Waals surface area contributed by atoms with Gasteiger partial charge in [-0.25, -0.2) is 4.79 Å². The number of nitrogens with zero attached hydrogens (tertiary/aromatic N) is 2. The summed E-state index contributed by atoms with van der Waals surface area (Å²) in [6, 6.07) is 0. The van der Waals surface area contributed by atoms with Crippen LogP contribution < -0.4 is 22.3 Å². The number of carbonyl (C=O) groups is 1. The molecular weight excluding hydrogens is 284 g/mol. The highest BCUT2D eigenvalue weighted by molar-refractivity contribution is 5.94. The van der Waals surface area contributed by atoms with Gasteiger partial charge < -0.3 is 11.1 Å². The van der Waals surface area contributed by atoms with Crippen LogP contribution in [0.1, 0.15) is 45.4 Å². The molecule has 22 heavy (non-hydrogen) atoms. The van der Waals surface area contributed by atoms with Crippen LogP contribution in [-0.2, 0) is 18.4 Å². The van der Waals surface area contributed by atoms with Gasteiger partial charge in [0.1, 0.15) is 11.5 Å². The molecule has 0 aromatic carbocycles. The first-order chi connectivity index (χ1) is 10.5. The summed E-state index contributed by atoms with van der Waals surface area (Å²) in [4.78, 5) is 36.8. The minimum atomic E-state index is -0.522. The molecular formula is C15H24N4O3. The molecule has 1 aromatic heterocycles. The molecule has 0 radical (unpaired) electrons. The molecule has 1 aliphatic rings. The first-order valence-corrected chi connectivity index (χ1v) is 7.87. The maximum absolute atomic E-state index is 12.4. The number of anilines is 2. The normalized spacial score (nSPS) is 15.7. The molecule has 1 aromatic rings. The molecule has 0 aliphatic heterocycles. The van der Waals surface area contributed by atoms with Gasteiger partial charge in [0.05, 0.1) is 0 Å². The molecule has 7 nitrogen and oxygen atoms in total. The number of hydrogen-bond acceptors (Lipinski definition) is 4. The van der Waals surface area contributed by atoms with E-state index in [1.54, 1.807) is 0 Å². The zero-order valence-electron chi connectivity index (χ0n) is 13.2. The minimum absolute atomic E-state index is 0.00603. The van der Waals surface area contributed by atoms with E-state index < -0.39 is 11.2 Å². The van der Waals surface area contributed by atoms with Gasteiger partial charge in [0.15, 0.2) is 0 Å². The maximum atomic E-state index is 12.4. The van der Waals surface area contributed by atoms with E-state index in [2.05, 4.69) is 5.32 Å². The van der Waals surface area contributed by atoms with Crippen molar-refractivity contribution in [2.75, 3.05) is 11.1 Å². The van der Waals surface area contributed by atoms with Crippen LogP contribution in [0.4, 0.5) is 11.5 Å². The molecule has 1 heterocycles. The van der Waals surface area contributed by atoms with Crippen molar-refractivity contribution < 1.29 is 4.79 Å². The van der Waals surface area contributed by atoms with Gasteiger partial charge in [-0.15, -0.1) is 0 Å². The Bertz CT molecular complexity index is 669. The second kappa shape index (κ2) is 6.81. The Labute approximate surface area is 129 Å². The number of rotatable bonds is 4. The Hall–Kier alpha value is -2.05. The van der Waals surface area contributed by atoms with Crippen molar-refractivity contribution in [3.05, 3.63) is 20.8 Å². The van der Waals surface area contributed by atoms with E-state index in [1.165, 1.54) is 11.6 Å². The second-order valence-corrected chi connectivity index (χ2v) is 5.88. The summed E-state index contributed by atoms with van der Waals surface area (Å²) < 4.78 is 2.32. The van der Waals surface area contributed by atoms with Crippen LogP contribution in [0.25, 0.3) is 0 Å². The van der Waals surface area contributed by atoms with Crippen molar-refractivity contribution in [1.29, 1.82) is 0 Å². The number of nitrogen functional groups attached to an aromatic ring is 1. The van der Waals surface area contributed by atoms with Gasteiger partial charge in [0.25, 0.3) is 5.56 Å². The van der Waals surface area contributed by atoms with Crippen LogP contribution >= 0.6 is 0 Å². The number of carbonyl (C=O) groups excluding carboxylic acids is 1. The van der Waals surface area contributed by atoms with Gasteiger partial charge >= 0.3 is 5.69 Å².